The summed E-state index contributed by atoms with van der Waals surface area (Å²) >= 11 is 3.03. The molecular formula is C24H22N2O3S3. The van der Waals surface area contributed by atoms with Crippen LogP contribution in [0.3, 0.4) is 0 Å². The molecular weight excluding hydrogens is 460 g/mol. The van der Waals surface area contributed by atoms with E-state index in [9.17, 15) is 13.2 Å². The second kappa shape index (κ2) is 9.44. The van der Waals surface area contributed by atoms with E-state index in [4.69, 9.17) is 4.98 Å². The standard InChI is InChI=1S/C24H22N2O3S3/c1-3-32(28,29)21-15-8-7-12-18(21)23(27)26(16-17-10-5-4-6-11-17)24-25-22-19(30-2)13-9-14-20(22)31-24/h4-15H,3,16H2,1-2H3. The number of hydrogen-bond acceptors (Lipinski definition) is 6. The molecule has 164 valence electrons. The molecule has 0 aliphatic carbocycles. The molecule has 0 bridgehead atoms. The van der Waals surface area contributed by atoms with E-state index >= 15 is 0 Å². The SMILES string of the molecule is CCS(=O)(=O)c1ccccc1C(=O)N(Cc1ccccc1)c1nc2c(SC)cccc2s1. The Morgan fingerprint density at radius 2 is 1.72 bits per heavy atom. The second-order valence-corrected chi connectivity index (χ2v) is 11.2. The highest BCUT2D eigenvalue weighted by atomic mass is 32.2. The topological polar surface area (TPSA) is 67.3 Å². The number of anilines is 1. The lowest BCUT2D eigenvalue weighted by Gasteiger charge is -2.21. The van der Waals surface area contributed by atoms with E-state index < -0.39 is 9.84 Å². The van der Waals surface area contributed by atoms with Gasteiger partial charge < -0.3 is 0 Å². The van der Waals surface area contributed by atoms with Crippen molar-refractivity contribution in [2.24, 2.45) is 0 Å². The summed E-state index contributed by atoms with van der Waals surface area (Å²) in [5.41, 5.74) is 1.94. The molecule has 0 aliphatic rings. The Labute approximate surface area is 196 Å². The fourth-order valence-electron chi connectivity index (χ4n) is 3.40. The van der Waals surface area contributed by atoms with Crippen LogP contribution in [0.25, 0.3) is 10.2 Å². The van der Waals surface area contributed by atoms with Crippen LogP contribution in [0.15, 0.2) is 82.6 Å². The molecule has 4 aromatic rings. The van der Waals surface area contributed by atoms with E-state index in [-0.39, 0.29) is 28.7 Å². The summed E-state index contributed by atoms with van der Waals surface area (Å²) in [6, 6.07) is 22.0. The van der Waals surface area contributed by atoms with Crippen molar-refractivity contribution in [1.82, 2.24) is 4.98 Å². The number of benzene rings is 3. The number of nitrogens with zero attached hydrogens (tertiary/aromatic N) is 2. The third-order valence-corrected chi connectivity index (χ3v) is 8.68. The van der Waals surface area contributed by atoms with Crippen molar-refractivity contribution in [3.05, 3.63) is 83.9 Å². The van der Waals surface area contributed by atoms with Crippen molar-refractivity contribution in [1.29, 1.82) is 0 Å². The van der Waals surface area contributed by atoms with E-state index in [0.717, 1.165) is 20.7 Å². The molecule has 1 heterocycles. The van der Waals surface area contributed by atoms with Gasteiger partial charge in [0.2, 0.25) is 0 Å². The number of aromatic nitrogens is 1. The molecule has 0 fully saturated rings. The van der Waals surface area contributed by atoms with Gasteiger partial charge in [-0.1, -0.05) is 66.8 Å². The van der Waals surface area contributed by atoms with Crippen molar-refractivity contribution in [2.45, 2.75) is 23.3 Å². The number of amides is 1. The molecule has 0 unspecified atom stereocenters. The lowest BCUT2D eigenvalue weighted by atomic mass is 10.1. The van der Waals surface area contributed by atoms with Crippen LogP contribution < -0.4 is 4.90 Å². The van der Waals surface area contributed by atoms with Gasteiger partial charge in [-0.05, 0) is 36.1 Å². The van der Waals surface area contributed by atoms with E-state index in [1.165, 1.54) is 17.4 Å². The summed E-state index contributed by atoms with van der Waals surface area (Å²) in [5.74, 6) is -0.458. The molecule has 0 radical (unpaired) electrons. The molecule has 0 saturated carbocycles. The summed E-state index contributed by atoms with van der Waals surface area (Å²) < 4.78 is 26.3. The summed E-state index contributed by atoms with van der Waals surface area (Å²) in [6.45, 7) is 1.87. The summed E-state index contributed by atoms with van der Waals surface area (Å²) in [5, 5.41) is 0.541. The Kier molecular flexibility index (Phi) is 6.64. The Balaban J connectivity index is 1.86. The molecule has 3 aromatic carbocycles. The van der Waals surface area contributed by atoms with Crippen LogP contribution in [0.4, 0.5) is 5.13 Å². The number of carbonyl (C=O) groups excluding carboxylic acids is 1. The van der Waals surface area contributed by atoms with Crippen LogP contribution >= 0.6 is 23.1 Å². The molecule has 5 nitrogen and oxygen atoms in total. The third-order valence-electron chi connectivity index (χ3n) is 5.08. The Morgan fingerprint density at radius 3 is 2.44 bits per heavy atom. The third kappa shape index (κ3) is 4.44. The van der Waals surface area contributed by atoms with Crippen molar-refractivity contribution in [2.75, 3.05) is 16.9 Å². The molecule has 1 amide bonds. The van der Waals surface area contributed by atoms with Gasteiger partial charge in [0, 0.05) is 4.90 Å². The van der Waals surface area contributed by atoms with Crippen molar-refractivity contribution in [3.63, 3.8) is 0 Å². The van der Waals surface area contributed by atoms with E-state index in [0.29, 0.717) is 5.13 Å². The first kappa shape index (κ1) is 22.5. The van der Waals surface area contributed by atoms with Gasteiger partial charge in [-0.25, -0.2) is 13.4 Å². The minimum absolute atomic E-state index is 0.0523. The second-order valence-electron chi connectivity index (χ2n) is 7.08. The van der Waals surface area contributed by atoms with E-state index in [1.807, 2.05) is 54.8 Å². The Hall–Kier alpha value is -2.68. The number of hydrogen-bond donors (Lipinski definition) is 0. The highest BCUT2D eigenvalue weighted by Crippen LogP contribution is 2.35. The predicted octanol–water partition coefficient (Wildman–Crippen LogP) is 5.66. The van der Waals surface area contributed by atoms with Crippen molar-refractivity contribution in [3.8, 4) is 0 Å². The number of thiazole rings is 1. The highest BCUT2D eigenvalue weighted by molar-refractivity contribution is 7.98. The molecule has 0 saturated heterocycles. The van der Waals surface area contributed by atoms with E-state index in [1.54, 1.807) is 41.8 Å². The summed E-state index contributed by atoms with van der Waals surface area (Å²) in [4.78, 5) is 21.2. The number of thioether (sulfide) groups is 1. The zero-order valence-corrected chi connectivity index (χ0v) is 20.1. The van der Waals surface area contributed by atoms with Gasteiger partial charge in [-0.2, -0.15) is 0 Å². The Bertz CT molecular complexity index is 1370. The van der Waals surface area contributed by atoms with Crippen LogP contribution in [-0.4, -0.2) is 31.3 Å². The monoisotopic (exact) mass is 482 g/mol. The molecule has 0 spiro atoms. The number of para-hydroxylation sites is 1. The maximum absolute atomic E-state index is 13.8. The number of fused-ring (bicyclic) bond motifs is 1. The largest absolute Gasteiger partial charge is 0.279 e. The zero-order chi connectivity index (χ0) is 22.7. The molecule has 0 atom stereocenters. The van der Waals surface area contributed by atoms with Gasteiger partial charge in [-0.3, -0.25) is 9.69 Å². The first-order valence-corrected chi connectivity index (χ1v) is 13.7. The number of sulfone groups is 1. The van der Waals surface area contributed by atoms with Crippen LogP contribution in [0.2, 0.25) is 0 Å². The summed E-state index contributed by atoms with van der Waals surface area (Å²) in [6.07, 6.45) is 1.99. The smallest absolute Gasteiger partial charge is 0.261 e. The van der Waals surface area contributed by atoms with Crippen LogP contribution in [0.1, 0.15) is 22.8 Å². The normalized spacial score (nSPS) is 11.6. The highest BCUT2D eigenvalue weighted by Gasteiger charge is 2.27. The van der Waals surface area contributed by atoms with Gasteiger partial charge >= 0.3 is 0 Å². The first-order chi connectivity index (χ1) is 15.4. The van der Waals surface area contributed by atoms with Gasteiger partial charge in [0.25, 0.3) is 5.91 Å². The molecule has 0 N–H and O–H groups in total. The lowest BCUT2D eigenvalue weighted by Crippen LogP contribution is -2.31. The minimum Gasteiger partial charge on any atom is -0.279 e. The maximum atomic E-state index is 13.8. The average molecular weight is 483 g/mol. The molecule has 1 aromatic heterocycles. The van der Waals surface area contributed by atoms with Gasteiger partial charge in [0.05, 0.1) is 33.0 Å². The quantitative estimate of drug-likeness (QED) is 0.318. The molecule has 8 heteroatoms. The van der Waals surface area contributed by atoms with Gasteiger partial charge in [-0.15, -0.1) is 11.8 Å². The predicted molar refractivity (Wildman–Crippen MR) is 133 cm³/mol. The lowest BCUT2D eigenvalue weighted by molar-refractivity contribution is 0.0982. The molecule has 4 rings (SSSR count). The van der Waals surface area contributed by atoms with Crippen molar-refractivity contribution >= 4 is 54.2 Å². The molecule has 32 heavy (non-hydrogen) atoms. The molecule has 0 aliphatic heterocycles. The Morgan fingerprint density at radius 1 is 1.00 bits per heavy atom. The average Bonchev–Trinajstić information content (AvgIpc) is 3.27. The number of carbonyl (C=O) groups is 1. The van der Waals surface area contributed by atoms with Gasteiger partial charge in [0.1, 0.15) is 0 Å². The fourth-order valence-corrected chi connectivity index (χ4v) is 6.11. The first-order valence-electron chi connectivity index (χ1n) is 10.1. The van der Waals surface area contributed by atoms with Crippen LogP contribution in [0.5, 0.6) is 0 Å². The fraction of sp³-hybridized carbons (Fsp3) is 0.167. The minimum atomic E-state index is -3.57. The van der Waals surface area contributed by atoms with Crippen LogP contribution in [-0.2, 0) is 16.4 Å². The number of rotatable bonds is 7. The van der Waals surface area contributed by atoms with Crippen LogP contribution in [0, 0.1) is 0 Å². The van der Waals surface area contributed by atoms with Gasteiger partial charge in [0.15, 0.2) is 15.0 Å². The van der Waals surface area contributed by atoms with E-state index in [2.05, 4.69) is 0 Å². The van der Waals surface area contributed by atoms with Crippen molar-refractivity contribution < 1.29 is 13.2 Å². The summed E-state index contributed by atoms with van der Waals surface area (Å²) in [7, 11) is -3.57. The maximum Gasteiger partial charge on any atom is 0.261 e. The zero-order valence-electron chi connectivity index (χ0n) is 17.7.